The van der Waals surface area contributed by atoms with Crippen molar-refractivity contribution < 1.29 is 18.0 Å². The van der Waals surface area contributed by atoms with Crippen LogP contribution in [-0.2, 0) is 13.1 Å². The Morgan fingerprint density at radius 1 is 1.15 bits per heavy atom. The number of aromatic amines is 1. The van der Waals surface area contributed by atoms with Crippen LogP contribution < -0.4 is 4.74 Å². The summed E-state index contributed by atoms with van der Waals surface area (Å²) in [7, 11) is 0. The van der Waals surface area contributed by atoms with Crippen molar-refractivity contribution in [3.63, 3.8) is 0 Å². The first-order valence-corrected chi connectivity index (χ1v) is 10.6. The number of fused-ring (bicyclic) bond motifs is 1. The third kappa shape index (κ3) is 4.34. The van der Waals surface area contributed by atoms with Crippen LogP contribution in [0.4, 0.5) is 8.78 Å². The lowest BCUT2D eigenvalue weighted by Crippen LogP contribution is -2.21. The van der Waals surface area contributed by atoms with E-state index in [9.17, 15) is 8.78 Å². The summed E-state index contributed by atoms with van der Waals surface area (Å²) in [5.74, 6) is -0.116. The van der Waals surface area contributed by atoms with E-state index in [4.69, 9.17) is 9.26 Å². The minimum Gasteiger partial charge on any atom is -0.494 e. The van der Waals surface area contributed by atoms with Gasteiger partial charge in [0.15, 0.2) is 17.4 Å². The van der Waals surface area contributed by atoms with Gasteiger partial charge in [0.1, 0.15) is 23.0 Å². The van der Waals surface area contributed by atoms with Gasteiger partial charge in [0, 0.05) is 11.6 Å². The van der Waals surface area contributed by atoms with Crippen molar-refractivity contribution in [2.75, 3.05) is 6.61 Å². The minimum atomic E-state index is -0.933. The van der Waals surface area contributed by atoms with E-state index in [1.807, 2.05) is 30.3 Å². The van der Waals surface area contributed by atoms with E-state index in [-0.39, 0.29) is 11.4 Å². The van der Waals surface area contributed by atoms with Crippen molar-refractivity contribution in [3.05, 3.63) is 77.2 Å². The van der Waals surface area contributed by atoms with Gasteiger partial charge in [0.25, 0.3) is 0 Å². The summed E-state index contributed by atoms with van der Waals surface area (Å²) in [6.07, 6.45) is 2.54. The molecule has 0 amide bonds. The van der Waals surface area contributed by atoms with Crippen LogP contribution in [0.1, 0.15) is 30.4 Å². The Labute approximate surface area is 188 Å². The predicted molar refractivity (Wildman–Crippen MR) is 119 cm³/mol. The largest absolute Gasteiger partial charge is 0.494 e. The van der Waals surface area contributed by atoms with Gasteiger partial charge in [-0.1, -0.05) is 18.1 Å². The van der Waals surface area contributed by atoms with Gasteiger partial charge in [-0.2, -0.15) is 5.10 Å². The Bertz CT molecular complexity index is 1300. The van der Waals surface area contributed by atoms with Crippen molar-refractivity contribution >= 4 is 6.21 Å². The molecule has 1 aliphatic heterocycles. The average molecular weight is 449 g/mol. The molecular weight excluding hydrogens is 428 g/mol. The highest BCUT2D eigenvalue weighted by molar-refractivity contribution is 5.80. The molecule has 5 rings (SSSR count). The number of hydrogen-bond acceptors (Lipinski definition) is 6. The fourth-order valence-electron chi connectivity index (χ4n) is 3.57. The quantitative estimate of drug-likeness (QED) is 0.422. The molecular formula is C24H21F2N5O2. The maximum atomic E-state index is 14.1. The number of hydrazone groups is 1. The highest BCUT2D eigenvalue weighted by Crippen LogP contribution is 2.27. The number of H-pyrrole nitrogens is 1. The molecule has 1 N–H and O–H groups in total. The van der Waals surface area contributed by atoms with Crippen molar-refractivity contribution in [2.45, 2.75) is 26.4 Å². The Kier molecular flexibility index (Phi) is 5.60. The standard InChI is InChI=1S/C24H21F2N5O2/c1-2-10-32-17-8-6-15(7-9-17)22-11-16(30-33-22)13-31-14-21-20(12-27-31)28-24(29-21)18-4-3-5-19(25)23(18)26/h3-9,11-12H,2,10,13-14H2,1H3,(H,28,29). The Hall–Kier alpha value is -4.01. The maximum Gasteiger partial charge on any atom is 0.169 e. The lowest BCUT2D eigenvalue weighted by molar-refractivity contribution is 0.255. The average Bonchev–Trinajstić information content (AvgIpc) is 3.47. The number of nitrogens with one attached hydrogen (secondary N) is 1. The monoisotopic (exact) mass is 449 g/mol. The molecule has 9 heteroatoms. The smallest absolute Gasteiger partial charge is 0.169 e. The summed E-state index contributed by atoms with van der Waals surface area (Å²) >= 11 is 0. The zero-order valence-electron chi connectivity index (χ0n) is 17.9. The Balaban J connectivity index is 1.27. The molecule has 0 spiro atoms. The Morgan fingerprint density at radius 3 is 2.82 bits per heavy atom. The fourth-order valence-corrected chi connectivity index (χ4v) is 3.57. The molecule has 0 radical (unpaired) electrons. The van der Waals surface area contributed by atoms with E-state index in [1.54, 1.807) is 11.2 Å². The van der Waals surface area contributed by atoms with E-state index in [2.05, 4.69) is 27.1 Å². The van der Waals surface area contributed by atoms with Gasteiger partial charge in [-0.15, -0.1) is 0 Å². The normalized spacial score (nSPS) is 12.8. The van der Waals surface area contributed by atoms with Crippen molar-refractivity contribution in [2.24, 2.45) is 5.10 Å². The van der Waals surface area contributed by atoms with E-state index < -0.39 is 11.6 Å². The van der Waals surface area contributed by atoms with Gasteiger partial charge in [0.2, 0.25) is 0 Å². The van der Waals surface area contributed by atoms with Gasteiger partial charge in [-0.25, -0.2) is 13.8 Å². The number of halogens is 2. The van der Waals surface area contributed by atoms with E-state index >= 15 is 0 Å². The minimum absolute atomic E-state index is 0.0802. The molecule has 2 aromatic heterocycles. The first-order chi connectivity index (χ1) is 16.1. The lowest BCUT2D eigenvalue weighted by Gasteiger charge is -2.19. The first-order valence-electron chi connectivity index (χ1n) is 10.6. The summed E-state index contributed by atoms with van der Waals surface area (Å²) in [5.41, 5.74) is 3.05. The molecule has 1 aliphatic rings. The third-order valence-electron chi connectivity index (χ3n) is 5.22. The van der Waals surface area contributed by atoms with Crippen LogP contribution in [0.15, 0.2) is 58.2 Å². The van der Waals surface area contributed by atoms with Gasteiger partial charge >= 0.3 is 0 Å². The SMILES string of the molecule is CCCOc1ccc(-c2cc(CN3Cc4[nH]c(-c5cccc(F)c5F)nc4C=N3)no2)cc1. The zero-order chi connectivity index (χ0) is 22.8. The Morgan fingerprint density at radius 2 is 2.00 bits per heavy atom. The molecule has 168 valence electrons. The molecule has 2 aromatic carbocycles. The van der Waals surface area contributed by atoms with Gasteiger partial charge in [0.05, 0.1) is 37.2 Å². The summed E-state index contributed by atoms with van der Waals surface area (Å²) in [6.45, 7) is 3.58. The molecule has 0 unspecified atom stereocenters. The van der Waals surface area contributed by atoms with Crippen LogP contribution in [0.3, 0.4) is 0 Å². The highest BCUT2D eigenvalue weighted by Gasteiger charge is 2.21. The molecule has 0 saturated heterocycles. The van der Waals surface area contributed by atoms with Crippen LogP contribution in [0.5, 0.6) is 5.75 Å². The highest BCUT2D eigenvalue weighted by atomic mass is 19.2. The number of imidazole rings is 1. The van der Waals surface area contributed by atoms with E-state index in [0.29, 0.717) is 36.8 Å². The summed E-state index contributed by atoms with van der Waals surface area (Å²) in [4.78, 5) is 7.43. The molecule has 0 bridgehead atoms. The second-order valence-electron chi connectivity index (χ2n) is 7.67. The van der Waals surface area contributed by atoms with Crippen molar-refractivity contribution in [3.8, 4) is 28.5 Å². The van der Waals surface area contributed by atoms with Gasteiger partial charge in [-0.05, 0) is 42.8 Å². The number of benzene rings is 2. The summed E-state index contributed by atoms with van der Waals surface area (Å²) < 4.78 is 38.8. The predicted octanol–water partition coefficient (Wildman–Crippen LogP) is 5.15. The van der Waals surface area contributed by atoms with E-state index in [0.717, 1.165) is 29.5 Å². The van der Waals surface area contributed by atoms with Crippen LogP contribution in [0.25, 0.3) is 22.7 Å². The topological polar surface area (TPSA) is 79.5 Å². The fraction of sp³-hybridized carbons (Fsp3) is 0.208. The van der Waals surface area contributed by atoms with Gasteiger partial charge in [-0.3, -0.25) is 5.01 Å². The van der Waals surface area contributed by atoms with Crippen LogP contribution in [0, 0.1) is 11.6 Å². The summed E-state index contributed by atoms with van der Waals surface area (Å²) in [6, 6.07) is 13.5. The molecule has 33 heavy (non-hydrogen) atoms. The zero-order valence-corrected chi connectivity index (χ0v) is 17.9. The molecule has 7 nitrogen and oxygen atoms in total. The molecule has 0 fully saturated rings. The second-order valence-corrected chi connectivity index (χ2v) is 7.67. The molecule has 0 aliphatic carbocycles. The summed E-state index contributed by atoms with van der Waals surface area (Å²) in [5, 5.41) is 10.3. The van der Waals surface area contributed by atoms with Crippen LogP contribution in [0.2, 0.25) is 0 Å². The number of aromatic nitrogens is 3. The third-order valence-corrected chi connectivity index (χ3v) is 5.22. The lowest BCUT2D eigenvalue weighted by atomic mass is 10.1. The second kappa shape index (κ2) is 8.85. The van der Waals surface area contributed by atoms with Crippen LogP contribution in [-0.4, -0.2) is 33.0 Å². The van der Waals surface area contributed by atoms with Crippen LogP contribution >= 0.6 is 0 Å². The van der Waals surface area contributed by atoms with Crippen molar-refractivity contribution in [1.82, 2.24) is 20.1 Å². The molecule has 4 aromatic rings. The number of ether oxygens (including phenoxy) is 1. The van der Waals surface area contributed by atoms with Crippen molar-refractivity contribution in [1.29, 1.82) is 0 Å². The maximum absolute atomic E-state index is 14.1. The van der Waals surface area contributed by atoms with E-state index in [1.165, 1.54) is 12.1 Å². The molecule has 3 heterocycles. The van der Waals surface area contributed by atoms with Gasteiger partial charge < -0.3 is 14.2 Å². The molecule has 0 atom stereocenters. The number of rotatable bonds is 7. The first kappa shape index (κ1) is 20.9. The number of nitrogens with zero attached hydrogens (tertiary/aromatic N) is 4. The molecule has 0 saturated carbocycles. The number of hydrogen-bond donors (Lipinski definition) is 1.